The molecule has 0 saturated carbocycles. The second-order valence-corrected chi connectivity index (χ2v) is 7.55. The summed E-state index contributed by atoms with van der Waals surface area (Å²) in [5.41, 5.74) is 2.80. The van der Waals surface area contributed by atoms with Crippen molar-refractivity contribution in [3.8, 4) is 5.75 Å². The average Bonchev–Trinajstić information content (AvgIpc) is 3.05. The number of furan rings is 1. The lowest BCUT2D eigenvalue weighted by Crippen LogP contribution is -2.48. The van der Waals surface area contributed by atoms with Crippen LogP contribution < -0.4 is 4.74 Å². The molecular weight excluding hydrogens is 376 g/mol. The van der Waals surface area contributed by atoms with E-state index >= 15 is 0 Å². The van der Waals surface area contributed by atoms with Crippen LogP contribution in [0.25, 0.3) is 11.0 Å². The van der Waals surface area contributed by atoms with Crippen LogP contribution in [-0.2, 0) is 6.54 Å². The number of carbonyl (C=O) groups is 1. The number of aryl methyl sites for hydroxylation is 1. The van der Waals surface area contributed by atoms with Gasteiger partial charge in [0.1, 0.15) is 11.3 Å². The van der Waals surface area contributed by atoms with Crippen molar-refractivity contribution in [2.24, 2.45) is 0 Å². The molecule has 0 unspecified atom stereocenters. The Kier molecular flexibility index (Phi) is 5.29. The van der Waals surface area contributed by atoms with E-state index in [1.807, 2.05) is 54.3 Å². The first kappa shape index (κ1) is 18.8. The third-order valence-electron chi connectivity index (χ3n) is 5.32. The van der Waals surface area contributed by atoms with Gasteiger partial charge in [-0.05, 0) is 42.8 Å². The first-order valence-corrected chi connectivity index (χ1v) is 9.76. The molecular formula is C22H23ClN2O3. The maximum atomic E-state index is 13.0. The first-order chi connectivity index (χ1) is 13.5. The number of carbonyl (C=O) groups excluding carboxylic acids is 1. The van der Waals surface area contributed by atoms with E-state index in [2.05, 4.69) is 4.90 Å². The van der Waals surface area contributed by atoms with Crippen molar-refractivity contribution in [2.75, 3.05) is 33.3 Å². The van der Waals surface area contributed by atoms with E-state index in [-0.39, 0.29) is 5.91 Å². The predicted molar refractivity (Wildman–Crippen MR) is 110 cm³/mol. The molecule has 5 nitrogen and oxygen atoms in total. The van der Waals surface area contributed by atoms with Crippen LogP contribution in [0.3, 0.4) is 0 Å². The van der Waals surface area contributed by atoms with Gasteiger partial charge in [0.2, 0.25) is 0 Å². The summed E-state index contributed by atoms with van der Waals surface area (Å²) in [6, 6.07) is 13.5. The molecule has 4 rings (SSSR count). The molecule has 3 aromatic rings. The summed E-state index contributed by atoms with van der Waals surface area (Å²) in [7, 11) is 1.63. The molecule has 1 fully saturated rings. The van der Waals surface area contributed by atoms with Crippen LogP contribution in [0.4, 0.5) is 0 Å². The highest BCUT2D eigenvalue weighted by atomic mass is 35.5. The Morgan fingerprint density at radius 2 is 1.82 bits per heavy atom. The van der Waals surface area contributed by atoms with Crippen LogP contribution in [-0.4, -0.2) is 49.0 Å². The number of methoxy groups -OCH3 is 1. The molecule has 1 aromatic heterocycles. The zero-order valence-electron chi connectivity index (χ0n) is 16.1. The highest BCUT2D eigenvalue weighted by Crippen LogP contribution is 2.29. The van der Waals surface area contributed by atoms with E-state index in [0.717, 1.165) is 41.4 Å². The standard InChI is InChI=1S/C22H23ClN2O3/c1-15-19-13-18(27-2)7-8-20(19)28-21(15)22(26)25-11-9-24(10-12-25)14-16-3-5-17(23)6-4-16/h3-8,13H,9-12,14H2,1-2H3. The van der Waals surface area contributed by atoms with Gasteiger partial charge in [0.05, 0.1) is 7.11 Å². The number of fused-ring (bicyclic) bond motifs is 1. The van der Waals surface area contributed by atoms with Gasteiger partial charge in [0.15, 0.2) is 5.76 Å². The number of rotatable bonds is 4. The minimum Gasteiger partial charge on any atom is -0.497 e. The molecule has 28 heavy (non-hydrogen) atoms. The number of benzene rings is 2. The zero-order chi connectivity index (χ0) is 19.7. The highest BCUT2D eigenvalue weighted by Gasteiger charge is 2.26. The second-order valence-electron chi connectivity index (χ2n) is 7.11. The Balaban J connectivity index is 1.43. The molecule has 0 atom stereocenters. The maximum Gasteiger partial charge on any atom is 0.289 e. The summed E-state index contributed by atoms with van der Waals surface area (Å²) >= 11 is 5.95. The number of piperazine rings is 1. The fraction of sp³-hybridized carbons (Fsp3) is 0.318. The number of hydrogen-bond acceptors (Lipinski definition) is 4. The summed E-state index contributed by atoms with van der Waals surface area (Å²) in [5.74, 6) is 1.14. The Bertz CT molecular complexity index is 989. The van der Waals surface area contributed by atoms with E-state index in [1.165, 1.54) is 5.56 Å². The molecule has 1 amide bonds. The molecule has 0 spiro atoms. The third-order valence-corrected chi connectivity index (χ3v) is 5.57. The van der Waals surface area contributed by atoms with Crippen molar-refractivity contribution in [2.45, 2.75) is 13.5 Å². The lowest BCUT2D eigenvalue weighted by molar-refractivity contribution is 0.0599. The highest BCUT2D eigenvalue weighted by molar-refractivity contribution is 6.30. The van der Waals surface area contributed by atoms with Crippen molar-refractivity contribution in [1.29, 1.82) is 0 Å². The van der Waals surface area contributed by atoms with Crippen molar-refractivity contribution >= 4 is 28.5 Å². The summed E-state index contributed by atoms with van der Waals surface area (Å²) in [6.45, 7) is 5.83. The molecule has 6 heteroatoms. The monoisotopic (exact) mass is 398 g/mol. The van der Waals surface area contributed by atoms with Gasteiger partial charge in [-0.3, -0.25) is 9.69 Å². The van der Waals surface area contributed by atoms with Gasteiger partial charge in [0.25, 0.3) is 5.91 Å². The van der Waals surface area contributed by atoms with Gasteiger partial charge in [-0.1, -0.05) is 23.7 Å². The first-order valence-electron chi connectivity index (χ1n) is 9.38. The van der Waals surface area contributed by atoms with Gasteiger partial charge < -0.3 is 14.1 Å². The summed E-state index contributed by atoms with van der Waals surface area (Å²) in [6.07, 6.45) is 0. The van der Waals surface area contributed by atoms with Crippen LogP contribution in [0.15, 0.2) is 46.9 Å². The Hall–Kier alpha value is -2.50. The number of hydrogen-bond donors (Lipinski definition) is 0. The number of ether oxygens (including phenoxy) is 1. The fourth-order valence-corrected chi connectivity index (χ4v) is 3.76. The summed E-state index contributed by atoms with van der Waals surface area (Å²) < 4.78 is 11.2. The molecule has 0 aliphatic carbocycles. The maximum absolute atomic E-state index is 13.0. The van der Waals surface area contributed by atoms with Gasteiger partial charge in [-0.25, -0.2) is 0 Å². The Labute approximate surface area is 169 Å². The Morgan fingerprint density at radius 3 is 2.50 bits per heavy atom. The average molecular weight is 399 g/mol. The van der Waals surface area contributed by atoms with Crippen LogP contribution in [0.5, 0.6) is 5.75 Å². The number of nitrogens with zero attached hydrogens (tertiary/aromatic N) is 2. The predicted octanol–water partition coefficient (Wildman–Crippen LogP) is 4.36. The molecule has 0 bridgehead atoms. The van der Waals surface area contributed by atoms with E-state index in [0.29, 0.717) is 24.4 Å². The lowest BCUT2D eigenvalue weighted by Gasteiger charge is -2.34. The van der Waals surface area contributed by atoms with E-state index in [9.17, 15) is 4.79 Å². The number of amides is 1. The zero-order valence-corrected chi connectivity index (χ0v) is 16.8. The van der Waals surface area contributed by atoms with Gasteiger partial charge in [-0.2, -0.15) is 0 Å². The molecule has 1 aliphatic rings. The van der Waals surface area contributed by atoms with Crippen LogP contribution in [0.1, 0.15) is 21.7 Å². The van der Waals surface area contributed by atoms with Crippen molar-refractivity contribution in [1.82, 2.24) is 9.80 Å². The van der Waals surface area contributed by atoms with Crippen molar-refractivity contribution in [3.63, 3.8) is 0 Å². The van der Waals surface area contributed by atoms with Crippen molar-refractivity contribution < 1.29 is 13.9 Å². The molecule has 1 aliphatic heterocycles. The van der Waals surface area contributed by atoms with E-state index < -0.39 is 0 Å². The quantitative estimate of drug-likeness (QED) is 0.655. The lowest BCUT2D eigenvalue weighted by atomic mass is 10.1. The molecule has 2 heterocycles. The normalized spacial score (nSPS) is 15.2. The minimum atomic E-state index is -0.0428. The van der Waals surface area contributed by atoms with Gasteiger partial charge in [0, 0.05) is 48.7 Å². The fourth-order valence-electron chi connectivity index (χ4n) is 3.63. The summed E-state index contributed by atoms with van der Waals surface area (Å²) in [5, 5.41) is 1.67. The molecule has 1 saturated heterocycles. The molecule has 0 radical (unpaired) electrons. The van der Waals surface area contributed by atoms with E-state index in [1.54, 1.807) is 7.11 Å². The Morgan fingerprint density at radius 1 is 1.11 bits per heavy atom. The summed E-state index contributed by atoms with van der Waals surface area (Å²) in [4.78, 5) is 17.2. The molecule has 146 valence electrons. The minimum absolute atomic E-state index is 0.0428. The molecule has 2 aromatic carbocycles. The van der Waals surface area contributed by atoms with Crippen LogP contribution in [0, 0.1) is 6.92 Å². The van der Waals surface area contributed by atoms with Crippen LogP contribution >= 0.6 is 11.6 Å². The second kappa shape index (κ2) is 7.86. The van der Waals surface area contributed by atoms with Crippen molar-refractivity contribution in [3.05, 3.63) is 64.4 Å². The third kappa shape index (κ3) is 3.73. The number of halogens is 1. The largest absolute Gasteiger partial charge is 0.497 e. The van der Waals surface area contributed by atoms with Gasteiger partial charge in [-0.15, -0.1) is 0 Å². The van der Waals surface area contributed by atoms with Crippen LogP contribution in [0.2, 0.25) is 5.02 Å². The topological polar surface area (TPSA) is 45.9 Å². The SMILES string of the molecule is COc1ccc2oc(C(=O)N3CCN(Cc4ccc(Cl)cc4)CC3)c(C)c2c1. The smallest absolute Gasteiger partial charge is 0.289 e. The van der Waals surface area contributed by atoms with Gasteiger partial charge >= 0.3 is 0 Å². The molecule has 0 N–H and O–H groups in total. The van der Waals surface area contributed by atoms with E-state index in [4.69, 9.17) is 20.8 Å².